The van der Waals surface area contributed by atoms with Crippen molar-refractivity contribution >= 4 is 46.3 Å². The van der Waals surface area contributed by atoms with E-state index >= 15 is 0 Å². The molecule has 1 heterocycles. The number of hydrogen-bond acceptors (Lipinski definition) is 5. The monoisotopic (exact) mass is 539 g/mol. The van der Waals surface area contributed by atoms with Gasteiger partial charge in [0.15, 0.2) is 0 Å². The Bertz CT molecular complexity index is 1460. The van der Waals surface area contributed by atoms with Crippen LogP contribution in [-0.2, 0) is 21.4 Å². The largest absolute Gasteiger partial charge is 0.480 e. The number of hydrogen-bond donors (Lipinski definition) is 2. The van der Waals surface area contributed by atoms with Crippen LogP contribution >= 0.6 is 11.6 Å². The third-order valence-electron chi connectivity index (χ3n) is 7.13. The highest BCUT2D eigenvalue weighted by molar-refractivity contribution is 6.33. The van der Waals surface area contributed by atoms with Gasteiger partial charge in [0.25, 0.3) is 5.91 Å². The lowest BCUT2D eigenvalue weighted by Gasteiger charge is -2.22. The third kappa shape index (κ3) is 4.36. The van der Waals surface area contributed by atoms with Gasteiger partial charge in [0.1, 0.15) is 23.5 Å². The number of aliphatic carboxylic acids is 1. The van der Waals surface area contributed by atoms with Crippen LogP contribution in [0.25, 0.3) is 0 Å². The quantitative estimate of drug-likeness (QED) is 0.460. The molecule has 10 heteroatoms. The van der Waals surface area contributed by atoms with Crippen molar-refractivity contribution in [1.82, 2.24) is 5.32 Å². The summed E-state index contributed by atoms with van der Waals surface area (Å²) in [6.45, 7) is 0.397. The summed E-state index contributed by atoms with van der Waals surface area (Å²) in [5, 5.41) is 11.9. The lowest BCUT2D eigenvalue weighted by Crippen LogP contribution is -2.42. The Hall–Kier alpha value is -3.98. The molecular formula is C28H24ClF2N3O4. The standard InChI is InChI=1S/C28H24ClF2N3O4/c1-33(2)23-12-22-17(11-20(23)31)28(13-24(28)35)14-34(22)16-8-6-15(7-9-16)10-21(27(37)38)32-26(36)25-18(29)4-3-5-19(25)30/h3-9,11-12,21H,10,13-14H2,1-2H3,(H,32,36)(H,37,38)/t21-,28?/m0/s1. The highest BCUT2D eigenvalue weighted by Gasteiger charge is 2.61. The fourth-order valence-electron chi connectivity index (χ4n) is 4.98. The van der Waals surface area contributed by atoms with Crippen molar-refractivity contribution in [3.05, 3.63) is 87.9 Å². The van der Waals surface area contributed by atoms with E-state index < -0.39 is 34.7 Å². The van der Waals surface area contributed by atoms with Crippen LogP contribution in [0.1, 0.15) is 27.9 Å². The molecule has 3 aromatic carbocycles. The Morgan fingerprint density at radius 1 is 1.13 bits per heavy atom. The summed E-state index contributed by atoms with van der Waals surface area (Å²) in [4.78, 5) is 40.4. The third-order valence-corrected chi connectivity index (χ3v) is 7.45. The Labute approximate surface area is 222 Å². The number of benzene rings is 3. The van der Waals surface area contributed by atoms with Gasteiger partial charge in [0.05, 0.1) is 21.7 Å². The molecular weight excluding hydrogens is 516 g/mol. The highest BCUT2D eigenvalue weighted by atomic mass is 35.5. The number of carboxylic acid groups (broad SMARTS) is 1. The number of nitrogens with one attached hydrogen (secondary N) is 1. The Morgan fingerprint density at radius 2 is 1.82 bits per heavy atom. The van der Waals surface area contributed by atoms with Crippen LogP contribution in [0.4, 0.5) is 25.8 Å². The first-order valence-corrected chi connectivity index (χ1v) is 12.3. The second-order valence-corrected chi connectivity index (χ2v) is 10.2. The van der Waals surface area contributed by atoms with Gasteiger partial charge in [-0.3, -0.25) is 9.59 Å². The Morgan fingerprint density at radius 3 is 2.39 bits per heavy atom. The number of Topliss-reactive ketones (excluding diaryl/α,β-unsaturated/α-hetero) is 1. The zero-order valence-corrected chi connectivity index (χ0v) is 21.4. The summed E-state index contributed by atoms with van der Waals surface area (Å²) in [6.07, 6.45) is 0.309. The van der Waals surface area contributed by atoms with Crippen molar-refractivity contribution in [2.75, 3.05) is 30.4 Å². The number of carboxylic acids is 1. The maximum absolute atomic E-state index is 14.7. The minimum absolute atomic E-state index is 0.0532. The SMILES string of the molecule is CN(C)c1cc2c(cc1F)C1(CC1=O)CN2c1ccc(C[C@H](NC(=O)c2c(F)cccc2Cl)C(=O)O)cc1. The molecule has 1 amide bonds. The lowest BCUT2D eigenvalue weighted by atomic mass is 9.97. The molecule has 1 spiro atoms. The number of rotatable bonds is 7. The van der Waals surface area contributed by atoms with Crippen molar-refractivity contribution < 1.29 is 28.3 Å². The van der Waals surface area contributed by atoms with E-state index in [1.54, 1.807) is 49.3 Å². The van der Waals surface area contributed by atoms with Crippen LogP contribution in [0.5, 0.6) is 0 Å². The molecule has 1 unspecified atom stereocenters. The summed E-state index contributed by atoms with van der Waals surface area (Å²) < 4.78 is 28.8. The van der Waals surface area contributed by atoms with Crippen molar-refractivity contribution in [3.63, 3.8) is 0 Å². The molecule has 2 N–H and O–H groups in total. The molecule has 5 rings (SSSR count). The first-order valence-electron chi connectivity index (χ1n) is 11.9. The molecule has 0 aromatic heterocycles. The molecule has 196 valence electrons. The number of carbonyl (C=O) groups excluding carboxylic acids is 2. The lowest BCUT2D eigenvalue weighted by molar-refractivity contribution is -0.139. The zero-order chi connectivity index (χ0) is 27.4. The van der Waals surface area contributed by atoms with Gasteiger partial charge < -0.3 is 20.2 Å². The van der Waals surface area contributed by atoms with E-state index in [4.69, 9.17) is 11.6 Å². The van der Waals surface area contributed by atoms with Crippen molar-refractivity contribution in [2.45, 2.75) is 24.3 Å². The van der Waals surface area contributed by atoms with Gasteiger partial charge in [-0.25, -0.2) is 13.6 Å². The molecule has 7 nitrogen and oxygen atoms in total. The molecule has 1 aliphatic heterocycles. The minimum atomic E-state index is -1.32. The summed E-state index contributed by atoms with van der Waals surface area (Å²) >= 11 is 5.93. The average molecular weight is 540 g/mol. The van der Waals surface area contributed by atoms with Gasteiger partial charge in [-0.15, -0.1) is 0 Å². The van der Waals surface area contributed by atoms with Gasteiger partial charge in [-0.2, -0.15) is 0 Å². The van der Waals surface area contributed by atoms with E-state index in [0.29, 0.717) is 29.8 Å². The van der Waals surface area contributed by atoms with Crippen molar-refractivity contribution in [1.29, 1.82) is 0 Å². The summed E-state index contributed by atoms with van der Waals surface area (Å²) in [6, 6.07) is 12.7. The number of ketones is 1. The molecule has 38 heavy (non-hydrogen) atoms. The maximum Gasteiger partial charge on any atom is 0.326 e. The molecule has 1 fully saturated rings. The fourth-order valence-corrected chi connectivity index (χ4v) is 5.23. The van der Waals surface area contributed by atoms with Crippen molar-refractivity contribution in [3.8, 4) is 0 Å². The molecule has 1 saturated carbocycles. The van der Waals surface area contributed by atoms with Gasteiger partial charge in [-0.1, -0.05) is 29.8 Å². The number of carbonyl (C=O) groups is 3. The number of anilines is 3. The summed E-state index contributed by atoms with van der Waals surface area (Å²) in [5.74, 6) is -3.36. The molecule has 1 aliphatic carbocycles. The van der Waals surface area contributed by atoms with E-state index in [9.17, 15) is 28.3 Å². The molecule has 2 aliphatic rings. The van der Waals surface area contributed by atoms with Crippen LogP contribution in [0.3, 0.4) is 0 Å². The molecule has 0 radical (unpaired) electrons. The first kappa shape index (κ1) is 25.7. The number of nitrogens with zero attached hydrogens (tertiary/aromatic N) is 2. The van der Waals surface area contributed by atoms with E-state index in [1.807, 2.05) is 4.90 Å². The zero-order valence-electron chi connectivity index (χ0n) is 20.6. The molecule has 2 atom stereocenters. The van der Waals surface area contributed by atoms with E-state index in [-0.39, 0.29) is 23.0 Å². The fraction of sp³-hybridized carbons (Fsp3) is 0.250. The van der Waals surface area contributed by atoms with Crippen LogP contribution in [-0.4, -0.2) is 49.4 Å². The van der Waals surface area contributed by atoms with E-state index in [2.05, 4.69) is 5.32 Å². The van der Waals surface area contributed by atoms with Crippen LogP contribution < -0.4 is 15.1 Å². The first-order chi connectivity index (χ1) is 18.0. The average Bonchev–Trinajstić information content (AvgIpc) is 3.40. The molecule has 0 bridgehead atoms. The topological polar surface area (TPSA) is 90.0 Å². The van der Waals surface area contributed by atoms with E-state index in [1.165, 1.54) is 18.2 Å². The smallest absolute Gasteiger partial charge is 0.326 e. The Kier molecular flexibility index (Phi) is 6.35. The number of amides is 1. The van der Waals surface area contributed by atoms with Gasteiger partial charge in [-0.05, 0) is 47.5 Å². The number of fused-ring (bicyclic) bond motifs is 2. The predicted octanol–water partition coefficient (Wildman–Crippen LogP) is 4.47. The minimum Gasteiger partial charge on any atom is -0.480 e. The van der Waals surface area contributed by atoms with Gasteiger partial charge in [0, 0.05) is 44.9 Å². The summed E-state index contributed by atoms with van der Waals surface area (Å²) in [7, 11) is 3.49. The van der Waals surface area contributed by atoms with Crippen LogP contribution in [0.15, 0.2) is 54.6 Å². The maximum atomic E-state index is 14.7. The normalized spacial score (nSPS) is 18.3. The number of halogens is 3. The van der Waals surface area contributed by atoms with Crippen molar-refractivity contribution in [2.24, 2.45) is 0 Å². The highest BCUT2D eigenvalue weighted by Crippen LogP contribution is 2.56. The van der Waals surface area contributed by atoms with Crippen LogP contribution in [0.2, 0.25) is 5.02 Å². The Balaban J connectivity index is 1.38. The second kappa shape index (κ2) is 9.40. The van der Waals surface area contributed by atoms with Crippen LogP contribution in [0, 0.1) is 11.6 Å². The summed E-state index contributed by atoms with van der Waals surface area (Å²) in [5.41, 5.74) is 2.10. The predicted molar refractivity (Wildman–Crippen MR) is 139 cm³/mol. The molecule has 3 aromatic rings. The van der Waals surface area contributed by atoms with Gasteiger partial charge >= 0.3 is 5.97 Å². The second-order valence-electron chi connectivity index (χ2n) is 9.81. The molecule has 0 saturated heterocycles. The van der Waals surface area contributed by atoms with Gasteiger partial charge in [0.2, 0.25) is 0 Å². The van der Waals surface area contributed by atoms with E-state index in [0.717, 1.165) is 17.4 Å².